The third kappa shape index (κ3) is 3.33. The summed E-state index contributed by atoms with van der Waals surface area (Å²) in [5, 5.41) is 10.3. The Hall–Kier alpha value is -0.520. The molecule has 0 aliphatic carbocycles. The number of halogens is 3. The molecule has 0 saturated carbocycles. The molecule has 108 valence electrons. The van der Waals surface area contributed by atoms with Crippen LogP contribution in [0.3, 0.4) is 0 Å². The van der Waals surface area contributed by atoms with Gasteiger partial charge in [0.05, 0.1) is 16.2 Å². The van der Waals surface area contributed by atoms with Crippen LogP contribution in [0, 0.1) is 11.6 Å². The van der Waals surface area contributed by atoms with E-state index in [0.717, 1.165) is 0 Å². The van der Waals surface area contributed by atoms with E-state index in [4.69, 9.17) is 4.74 Å². The molecule has 0 amide bonds. The lowest BCUT2D eigenvalue weighted by Crippen LogP contribution is -2.44. The van der Waals surface area contributed by atoms with Crippen molar-refractivity contribution in [3.05, 3.63) is 33.8 Å². The molecule has 0 heterocycles. The number of methoxy groups -OCH3 is 1. The van der Waals surface area contributed by atoms with Crippen LogP contribution in [-0.4, -0.2) is 23.9 Å². The van der Waals surface area contributed by atoms with Crippen molar-refractivity contribution < 1.29 is 18.6 Å². The lowest BCUT2D eigenvalue weighted by atomic mass is 9.86. The van der Waals surface area contributed by atoms with Gasteiger partial charge in [-0.15, -0.1) is 0 Å². The third-order valence-corrected chi connectivity index (χ3v) is 4.36. The second-order valence-corrected chi connectivity index (χ2v) is 5.37. The van der Waals surface area contributed by atoms with E-state index >= 15 is 0 Å². The summed E-state index contributed by atoms with van der Waals surface area (Å²) in [6, 6.07) is 2.49. The highest BCUT2D eigenvalue weighted by molar-refractivity contribution is 9.10. The highest BCUT2D eigenvalue weighted by Gasteiger charge is 2.35. The summed E-state index contributed by atoms with van der Waals surface area (Å²) in [5.41, 5.74) is -0.897. The van der Waals surface area contributed by atoms with Crippen LogP contribution in [0.25, 0.3) is 0 Å². The lowest BCUT2D eigenvalue weighted by Gasteiger charge is -2.35. The molecule has 0 aliphatic heterocycles. The zero-order valence-electron chi connectivity index (χ0n) is 11.3. The van der Waals surface area contributed by atoms with E-state index in [-0.39, 0.29) is 16.5 Å². The van der Waals surface area contributed by atoms with Crippen molar-refractivity contribution in [2.75, 3.05) is 7.11 Å². The van der Waals surface area contributed by atoms with Crippen LogP contribution in [0.5, 0.6) is 0 Å². The zero-order valence-corrected chi connectivity index (χ0v) is 12.9. The summed E-state index contributed by atoms with van der Waals surface area (Å²) in [7, 11) is 1.50. The maximum absolute atomic E-state index is 13.9. The monoisotopic (exact) mass is 336 g/mol. The van der Waals surface area contributed by atoms with E-state index in [1.165, 1.54) is 19.2 Å². The molecular weight excluding hydrogens is 318 g/mol. The Morgan fingerprint density at radius 3 is 2.37 bits per heavy atom. The number of hydrogen-bond donors (Lipinski definition) is 1. The molecule has 0 bridgehead atoms. The first kappa shape index (κ1) is 16.5. The fraction of sp³-hybridized carbons (Fsp3) is 0.571. The topological polar surface area (TPSA) is 29.5 Å². The molecule has 0 radical (unpaired) electrons. The predicted octanol–water partition coefficient (Wildman–Crippen LogP) is 3.84. The summed E-state index contributed by atoms with van der Waals surface area (Å²) < 4.78 is 33.1. The van der Waals surface area contributed by atoms with Crippen LogP contribution in [-0.2, 0) is 11.2 Å². The molecule has 5 heteroatoms. The van der Waals surface area contributed by atoms with Gasteiger partial charge in [-0.25, -0.2) is 8.78 Å². The Morgan fingerprint density at radius 1 is 1.32 bits per heavy atom. The number of aliphatic hydroxyl groups is 1. The fourth-order valence-corrected chi connectivity index (χ4v) is 2.65. The molecule has 0 fully saturated rings. The Bertz CT molecular complexity index is 425. The van der Waals surface area contributed by atoms with Crippen LogP contribution in [0.4, 0.5) is 8.78 Å². The first-order chi connectivity index (χ1) is 8.91. The van der Waals surface area contributed by atoms with Gasteiger partial charge in [0.1, 0.15) is 11.6 Å². The lowest BCUT2D eigenvalue weighted by molar-refractivity contribution is -0.107. The summed E-state index contributed by atoms with van der Waals surface area (Å²) >= 11 is 3.02. The number of aliphatic hydroxyl groups excluding tert-OH is 1. The van der Waals surface area contributed by atoms with Crippen LogP contribution >= 0.6 is 15.9 Å². The van der Waals surface area contributed by atoms with Crippen molar-refractivity contribution in [1.29, 1.82) is 0 Å². The van der Waals surface area contributed by atoms with E-state index in [2.05, 4.69) is 15.9 Å². The van der Waals surface area contributed by atoms with Crippen LogP contribution < -0.4 is 0 Å². The molecule has 1 N–H and O–H groups in total. The SMILES string of the molecule is CCC(CC)(OC)C(O)Cc1c(F)ccc(Br)c1F. The molecule has 19 heavy (non-hydrogen) atoms. The van der Waals surface area contributed by atoms with E-state index in [0.29, 0.717) is 12.8 Å². The fourth-order valence-electron chi connectivity index (χ4n) is 2.28. The molecule has 1 unspecified atom stereocenters. The van der Waals surface area contributed by atoms with Crippen LogP contribution in [0.1, 0.15) is 32.3 Å². The summed E-state index contributed by atoms with van der Waals surface area (Å²) in [6.07, 6.45) is 0.0505. The van der Waals surface area contributed by atoms with E-state index in [9.17, 15) is 13.9 Å². The average molecular weight is 337 g/mol. The Balaban J connectivity index is 3.05. The second kappa shape index (κ2) is 6.77. The van der Waals surface area contributed by atoms with Gasteiger partial charge in [-0.05, 0) is 40.9 Å². The second-order valence-electron chi connectivity index (χ2n) is 4.52. The molecular formula is C14H19BrF2O2. The van der Waals surface area contributed by atoms with Gasteiger partial charge in [0.2, 0.25) is 0 Å². The molecule has 0 aromatic heterocycles. The van der Waals surface area contributed by atoms with E-state index < -0.39 is 23.3 Å². The Morgan fingerprint density at radius 2 is 1.89 bits per heavy atom. The van der Waals surface area contributed by atoms with Gasteiger partial charge in [-0.1, -0.05) is 13.8 Å². The average Bonchev–Trinajstić information content (AvgIpc) is 2.42. The molecule has 1 aromatic carbocycles. The minimum absolute atomic E-state index is 0.118. The van der Waals surface area contributed by atoms with Crippen molar-refractivity contribution in [1.82, 2.24) is 0 Å². The largest absolute Gasteiger partial charge is 0.390 e. The quantitative estimate of drug-likeness (QED) is 0.800. The molecule has 1 aromatic rings. The molecule has 0 spiro atoms. The molecule has 0 saturated heterocycles. The molecule has 2 nitrogen and oxygen atoms in total. The highest BCUT2D eigenvalue weighted by atomic mass is 79.9. The molecule has 0 aliphatic rings. The Labute approximate surface area is 120 Å². The van der Waals surface area contributed by atoms with Crippen molar-refractivity contribution in [3.63, 3.8) is 0 Å². The van der Waals surface area contributed by atoms with Gasteiger partial charge in [0, 0.05) is 19.1 Å². The van der Waals surface area contributed by atoms with Crippen molar-refractivity contribution >= 4 is 15.9 Å². The van der Waals surface area contributed by atoms with Gasteiger partial charge in [-0.3, -0.25) is 0 Å². The summed E-state index contributed by atoms with van der Waals surface area (Å²) in [5.74, 6) is -1.33. The number of ether oxygens (including phenoxy) is 1. The molecule has 1 rings (SSSR count). The standard InChI is InChI=1S/C14H19BrF2O2/c1-4-14(5-2,19-3)12(18)8-9-11(16)7-6-10(15)13(9)17/h6-7,12,18H,4-5,8H2,1-3H3. The summed E-state index contributed by atoms with van der Waals surface area (Å²) in [4.78, 5) is 0. The summed E-state index contributed by atoms with van der Waals surface area (Å²) in [6.45, 7) is 3.76. The van der Waals surface area contributed by atoms with Gasteiger partial charge in [-0.2, -0.15) is 0 Å². The third-order valence-electron chi connectivity index (χ3n) is 3.75. The smallest absolute Gasteiger partial charge is 0.143 e. The first-order valence-corrected chi connectivity index (χ1v) is 7.06. The zero-order chi connectivity index (χ0) is 14.6. The van der Waals surface area contributed by atoms with Gasteiger partial charge >= 0.3 is 0 Å². The Kier molecular flexibility index (Phi) is 5.89. The minimum Gasteiger partial charge on any atom is -0.390 e. The first-order valence-electron chi connectivity index (χ1n) is 6.27. The van der Waals surface area contributed by atoms with Crippen molar-refractivity contribution in [2.45, 2.75) is 44.8 Å². The number of benzene rings is 1. The van der Waals surface area contributed by atoms with Crippen LogP contribution in [0.2, 0.25) is 0 Å². The van der Waals surface area contributed by atoms with Crippen molar-refractivity contribution in [2.24, 2.45) is 0 Å². The van der Waals surface area contributed by atoms with Gasteiger partial charge in [0.25, 0.3) is 0 Å². The van der Waals surface area contributed by atoms with Crippen molar-refractivity contribution in [3.8, 4) is 0 Å². The maximum atomic E-state index is 13.9. The van der Waals surface area contributed by atoms with Gasteiger partial charge < -0.3 is 9.84 Å². The normalized spacial score (nSPS) is 13.6. The molecule has 1 atom stereocenters. The van der Waals surface area contributed by atoms with Gasteiger partial charge in [0.15, 0.2) is 0 Å². The maximum Gasteiger partial charge on any atom is 0.143 e. The number of hydrogen-bond acceptors (Lipinski definition) is 2. The minimum atomic E-state index is -0.967. The number of rotatable bonds is 6. The van der Waals surface area contributed by atoms with Crippen LogP contribution in [0.15, 0.2) is 16.6 Å². The predicted molar refractivity (Wildman–Crippen MR) is 74.1 cm³/mol. The van der Waals surface area contributed by atoms with E-state index in [1.807, 2.05) is 13.8 Å². The highest BCUT2D eigenvalue weighted by Crippen LogP contribution is 2.29. The van der Waals surface area contributed by atoms with E-state index in [1.54, 1.807) is 0 Å².